The fourth-order valence-corrected chi connectivity index (χ4v) is 3.35. The number of nitrogens with one attached hydrogen (secondary N) is 1. The van der Waals surface area contributed by atoms with Crippen molar-refractivity contribution in [1.29, 1.82) is 0 Å². The highest BCUT2D eigenvalue weighted by Gasteiger charge is 2.19. The lowest BCUT2D eigenvalue weighted by Gasteiger charge is -2.07. The smallest absolute Gasteiger partial charge is 0.337 e. The van der Waals surface area contributed by atoms with Gasteiger partial charge < -0.3 is 9.14 Å². The Hall–Kier alpha value is -2.87. The molecule has 124 valence electrons. The number of anilines is 1. The van der Waals surface area contributed by atoms with E-state index in [0.29, 0.717) is 11.3 Å². The van der Waals surface area contributed by atoms with Crippen molar-refractivity contribution in [3.63, 3.8) is 0 Å². The van der Waals surface area contributed by atoms with Gasteiger partial charge in [0.1, 0.15) is 5.65 Å². The lowest BCUT2D eigenvalue weighted by Crippen LogP contribution is -2.14. The predicted molar refractivity (Wildman–Crippen MR) is 88.5 cm³/mol. The first kappa shape index (κ1) is 16.0. The zero-order valence-corrected chi connectivity index (χ0v) is 13.9. The molecule has 2 heterocycles. The van der Waals surface area contributed by atoms with Crippen LogP contribution in [0.1, 0.15) is 16.1 Å². The minimum Gasteiger partial charge on any atom is -0.465 e. The maximum Gasteiger partial charge on any atom is 0.337 e. The number of fused-ring (bicyclic) bond motifs is 1. The summed E-state index contributed by atoms with van der Waals surface area (Å²) in [4.78, 5) is 15.7. The lowest BCUT2D eigenvalue weighted by molar-refractivity contribution is 0.0600. The van der Waals surface area contributed by atoms with Gasteiger partial charge in [0.15, 0.2) is 5.82 Å². The third-order valence-corrected chi connectivity index (χ3v) is 4.94. The molecule has 0 spiro atoms. The van der Waals surface area contributed by atoms with E-state index >= 15 is 0 Å². The van der Waals surface area contributed by atoms with Crippen LogP contribution in [-0.4, -0.2) is 30.9 Å². The lowest BCUT2D eigenvalue weighted by atomic mass is 10.2. The molecule has 0 amide bonds. The molecule has 3 aromatic rings. The Morgan fingerprint density at radius 2 is 1.88 bits per heavy atom. The summed E-state index contributed by atoms with van der Waals surface area (Å²) in [5.74, 6) is -0.263. The number of pyridine rings is 1. The molecule has 0 aliphatic rings. The predicted octanol–water partition coefficient (Wildman–Crippen LogP) is 2.23. The molecule has 1 aromatic carbocycles. The Kier molecular flexibility index (Phi) is 3.98. The number of esters is 1. The highest BCUT2D eigenvalue weighted by Crippen LogP contribution is 2.21. The van der Waals surface area contributed by atoms with Gasteiger partial charge in [-0.25, -0.2) is 18.2 Å². The van der Waals surface area contributed by atoms with E-state index in [9.17, 15) is 13.2 Å². The van der Waals surface area contributed by atoms with Crippen molar-refractivity contribution in [3.05, 3.63) is 59.9 Å². The Morgan fingerprint density at radius 1 is 1.17 bits per heavy atom. The Morgan fingerprint density at radius 3 is 2.50 bits per heavy atom. The average molecular weight is 345 g/mol. The first-order valence-corrected chi connectivity index (χ1v) is 8.55. The number of benzene rings is 1. The molecule has 1 N–H and O–H groups in total. The molecule has 3 rings (SSSR count). The van der Waals surface area contributed by atoms with Gasteiger partial charge in [0, 0.05) is 6.20 Å². The van der Waals surface area contributed by atoms with Gasteiger partial charge >= 0.3 is 5.97 Å². The summed E-state index contributed by atoms with van der Waals surface area (Å²) in [6.07, 6.45) is 1.81. The van der Waals surface area contributed by atoms with Gasteiger partial charge in [-0.2, -0.15) is 0 Å². The van der Waals surface area contributed by atoms with Crippen LogP contribution in [-0.2, 0) is 14.8 Å². The molecule has 0 aliphatic carbocycles. The molecule has 0 saturated carbocycles. The quantitative estimate of drug-likeness (QED) is 0.732. The molecule has 0 atom stereocenters. The molecule has 0 aliphatic heterocycles. The average Bonchev–Trinajstić information content (AvgIpc) is 2.90. The van der Waals surface area contributed by atoms with Crippen LogP contribution >= 0.6 is 0 Å². The minimum atomic E-state index is -3.81. The van der Waals surface area contributed by atoms with Crippen molar-refractivity contribution < 1.29 is 17.9 Å². The van der Waals surface area contributed by atoms with Crippen LogP contribution in [0.25, 0.3) is 5.65 Å². The molecule has 0 bridgehead atoms. The highest BCUT2D eigenvalue weighted by molar-refractivity contribution is 7.92. The number of aryl methyl sites for hydroxylation is 1. The number of sulfonamides is 1. The summed E-state index contributed by atoms with van der Waals surface area (Å²) in [7, 11) is -2.55. The highest BCUT2D eigenvalue weighted by atomic mass is 32.2. The molecule has 0 radical (unpaired) electrons. The molecule has 0 unspecified atom stereocenters. The van der Waals surface area contributed by atoms with E-state index < -0.39 is 16.0 Å². The Bertz CT molecular complexity index is 1010. The first-order chi connectivity index (χ1) is 11.4. The summed E-state index contributed by atoms with van der Waals surface area (Å²) >= 11 is 0. The number of rotatable bonds is 4. The van der Waals surface area contributed by atoms with Crippen LogP contribution in [0.15, 0.2) is 53.6 Å². The monoisotopic (exact) mass is 345 g/mol. The molecule has 0 fully saturated rings. The zero-order chi connectivity index (χ0) is 17.3. The molecule has 0 saturated heterocycles. The topological polar surface area (TPSA) is 89.8 Å². The summed E-state index contributed by atoms with van der Waals surface area (Å²) in [6.45, 7) is 1.78. The normalized spacial score (nSPS) is 11.4. The second-order valence-corrected chi connectivity index (χ2v) is 6.78. The van der Waals surface area contributed by atoms with Crippen molar-refractivity contribution in [2.75, 3.05) is 11.8 Å². The van der Waals surface area contributed by atoms with E-state index in [1.54, 1.807) is 23.6 Å². The van der Waals surface area contributed by atoms with Gasteiger partial charge in [-0.3, -0.25) is 4.72 Å². The van der Waals surface area contributed by atoms with Crippen LogP contribution < -0.4 is 4.72 Å². The number of imidazole rings is 1. The maximum atomic E-state index is 12.5. The van der Waals surface area contributed by atoms with Gasteiger partial charge in [-0.15, -0.1) is 0 Å². The Labute approximate surface area is 139 Å². The molecule has 8 heteroatoms. The molecular weight excluding hydrogens is 330 g/mol. The van der Waals surface area contributed by atoms with Crippen molar-refractivity contribution in [1.82, 2.24) is 9.38 Å². The third-order valence-electron chi connectivity index (χ3n) is 3.59. The van der Waals surface area contributed by atoms with E-state index in [1.807, 2.05) is 12.1 Å². The largest absolute Gasteiger partial charge is 0.465 e. The molecule has 2 aromatic heterocycles. The third kappa shape index (κ3) is 2.83. The van der Waals surface area contributed by atoms with Crippen LogP contribution in [0.2, 0.25) is 0 Å². The zero-order valence-electron chi connectivity index (χ0n) is 13.1. The van der Waals surface area contributed by atoms with Crippen LogP contribution in [0.3, 0.4) is 0 Å². The first-order valence-electron chi connectivity index (χ1n) is 7.07. The van der Waals surface area contributed by atoms with Gasteiger partial charge in [-0.05, 0) is 43.3 Å². The molecule has 7 nitrogen and oxygen atoms in total. The second kappa shape index (κ2) is 5.97. The van der Waals surface area contributed by atoms with Crippen LogP contribution in [0.5, 0.6) is 0 Å². The van der Waals surface area contributed by atoms with Crippen molar-refractivity contribution in [3.8, 4) is 0 Å². The van der Waals surface area contributed by atoms with Crippen LogP contribution in [0.4, 0.5) is 5.82 Å². The standard InChI is InChI=1S/C16H15N3O4S/c1-11-15(17-14-5-3-4-10-19(11)14)18-24(21,22)13-8-6-12(7-9-13)16(20)23-2/h3-10,18H,1-2H3. The summed E-state index contributed by atoms with van der Waals surface area (Å²) < 4.78 is 33.9. The van der Waals surface area contributed by atoms with Gasteiger partial charge in [-0.1, -0.05) is 6.07 Å². The number of hydrogen-bond acceptors (Lipinski definition) is 5. The fraction of sp³-hybridized carbons (Fsp3) is 0.125. The van der Waals surface area contributed by atoms with E-state index in [-0.39, 0.29) is 16.3 Å². The van der Waals surface area contributed by atoms with E-state index in [4.69, 9.17) is 0 Å². The Balaban J connectivity index is 1.93. The van der Waals surface area contributed by atoms with Crippen molar-refractivity contribution >= 4 is 27.5 Å². The van der Waals surface area contributed by atoms with Crippen LogP contribution in [0, 0.1) is 6.92 Å². The number of hydrogen-bond donors (Lipinski definition) is 1. The van der Waals surface area contributed by atoms with Crippen molar-refractivity contribution in [2.24, 2.45) is 0 Å². The number of methoxy groups -OCH3 is 1. The fourth-order valence-electron chi connectivity index (χ4n) is 2.29. The number of aromatic nitrogens is 2. The minimum absolute atomic E-state index is 0.0339. The number of carbonyl (C=O) groups is 1. The van der Waals surface area contributed by atoms with Gasteiger partial charge in [0.05, 0.1) is 23.3 Å². The molecule has 24 heavy (non-hydrogen) atoms. The molecular formula is C16H15N3O4S. The SMILES string of the molecule is COC(=O)c1ccc(S(=O)(=O)Nc2nc3ccccn3c2C)cc1. The van der Waals surface area contributed by atoms with E-state index in [2.05, 4.69) is 14.4 Å². The number of carbonyl (C=O) groups excluding carboxylic acids is 1. The van der Waals surface area contributed by atoms with Crippen molar-refractivity contribution in [2.45, 2.75) is 11.8 Å². The number of ether oxygens (including phenoxy) is 1. The number of nitrogens with zero attached hydrogens (tertiary/aromatic N) is 2. The van der Waals surface area contributed by atoms with E-state index in [1.165, 1.54) is 31.4 Å². The summed E-state index contributed by atoms with van der Waals surface area (Å²) in [5, 5.41) is 0. The second-order valence-electron chi connectivity index (χ2n) is 5.10. The summed E-state index contributed by atoms with van der Waals surface area (Å²) in [6, 6.07) is 10.9. The summed E-state index contributed by atoms with van der Waals surface area (Å²) in [5.41, 5.74) is 1.61. The van der Waals surface area contributed by atoms with Gasteiger partial charge in [0.25, 0.3) is 10.0 Å². The van der Waals surface area contributed by atoms with E-state index in [0.717, 1.165) is 0 Å². The van der Waals surface area contributed by atoms with Gasteiger partial charge in [0.2, 0.25) is 0 Å². The maximum absolute atomic E-state index is 12.5.